The summed E-state index contributed by atoms with van der Waals surface area (Å²) in [6.07, 6.45) is 0.469. The molecule has 12 heteroatoms. The van der Waals surface area contributed by atoms with Crippen molar-refractivity contribution in [3.63, 3.8) is 0 Å². The van der Waals surface area contributed by atoms with E-state index in [4.69, 9.17) is 4.42 Å². The van der Waals surface area contributed by atoms with Crippen LogP contribution in [-0.2, 0) is 22.6 Å². The number of hydrogen-bond acceptors (Lipinski definition) is 5. The Labute approximate surface area is 226 Å². The van der Waals surface area contributed by atoms with Crippen molar-refractivity contribution < 1.29 is 35.2 Å². The van der Waals surface area contributed by atoms with Crippen LogP contribution in [0.25, 0.3) is 11.8 Å². The van der Waals surface area contributed by atoms with Gasteiger partial charge in [0.2, 0.25) is 15.8 Å². The summed E-state index contributed by atoms with van der Waals surface area (Å²) in [5.74, 6) is -0.738. The lowest BCUT2D eigenvalue weighted by molar-refractivity contribution is -0.137. The van der Waals surface area contributed by atoms with Crippen molar-refractivity contribution in [3.05, 3.63) is 107 Å². The van der Waals surface area contributed by atoms with Crippen LogP contribution in [-0.4, -0.2) is 41.4 Å². The highest BCUT2D eigenvalue weighted by Gasteiger charge is 2.51. The number of nitrogens with zero attached hydrogens (tertiary/aromatic N) is 3. The SMILES string of the molecule is O=C(c1ccco1)[C@@]12Cc3cnn(-c4ccc(F)cc4)c3C=C1CCN(S(=O)(=O)c1ccc(C(F)(F)F)cc1)C2. The topological polar surface area (TPSA) is 85.4 Å². The summed E-state index contributed by atoms with van der Waals surface area (Å²) in [4.78, 5) is 13.7. The van der Waals surface area contributed by atoms with Gasteiger partial charge in [-0.3, -0.25) is 4.79 Å². The third-order valence-corrected chi connectivity index (χ3v) is 9.31. The molecule has 7 nitrogen and oxygen atoms in total. The number of carbonyl (C=O) groups excluding carboxylic acids is 1. The van der Waals surface area contributed by atoms with E-state index in [-0.39, 0.29) is 36.6 Å². The molecule has 6 rings (SSSR count). The molecule has 1 atom stereocenters. The molecule has 0 amide bonds. The van der Waals surface area contributed by atoms with Crippen LogP contribution in [0.2, 0.25) is 0 Å². The third kappa shape index (κ3) is 4.27. The Bertz CT molecular complexity index is 1730. The van der Waals surface area contributed by atoms with Crippen molar-refractivity contribution in [3.8, 4) is 5.69 Å². The molecule has 0 N–H and O–H groups in total. The number of rotatable bonds is 5. The van der Waals surface area contributed by atoms with E-state index in [1.807, 2.05) is 6.08 Å². The van der Waals surface area contributed by atoms with Crippen molar-refractivity contribution in [1.29, 1.82) is 0 Å². The molecule has 2 aliphatic rings. The minimum atomic E-state index is -4.61. The number of halogens is 4. The lowest BCUT2D eigenvalue weighted by atomic mass is 9.65. The van der Waals surface area contributed by atoms with E-state index in [0.29, 0.717) is 22.5 Å². The first-order valence-corrected chi connectivity index (χ1v) is 13.7. The van der Waals surface area contributed by atoms with Crippen molar-refractivity contribution >= 4 is 21.9 Å². The van der Waals surface area contributed by atoms with E-state index in [1.54, 1.807) is 29.1 Å². The van der Waals surface area contributed by atoms with Crippen molar-refractivity contribution in [2.45, 2.75) is 23.9 Å². The standard InChI is InChI=1S/C28H21F4N3O4S/c29-21-5-7-22(8-6-21)35-24-14-20-11-12-34(40(37,38)23-9-3-19(4-10-23)28(30,31)32)17-27(20,15-18(24)16-33-35)26(36)25-2-1-13-39-25/h1-10,13-14,16H,11-12,15,17H2/t27-/m1/s1. The van der Waals surface area contributed by atoms with Gasteiger partial charge in [-0.1, -0.05) is 5.57 Å². The molecule has 0 saturated carbocycles. The quantitative estimate of drug-likeness (QED) is 0.233. The first-order valence-electron chi connectivity index (χ1n) is 12.3. The second-order valence-corrected chi connectivity index (χ2v) is 11.7. The molecule has 0 bridgehead atoms. The Balaban J connectivity index is 1.40. The molecular weight excluding hydrogens is 550 g/mol. The molecule has 2 aromatic heterocycles. The number of benzene rings is 2. The van der Waals surface area contributed by atoms with Crippen LogP contribution in [0.1, 0.15) is 33.8 Å². The van der Waals surface area contributed by atoms with Gasteiger partial charge in [0.25, 0.3) is 0 Å². The summed E-state index contributed by atoms with van der Waals surface area (Å²) in [6.45, 7) is -0.217. The number of alkyl halides is 3. The molecule has 40 heavy (non-hydrogen) atoms. The highest BCUT2D eigenvalue weighted by molar-refractivity contribution is 7.89. The van der Waals surface area contributed by atoms with Gasteiger partial charge < -0.3 is 4.42 Å². The molecule has 0 radical (unpaired) electrons. The Kier molecular flexibility index (Phi) is 6.07. The van der Waals surface area contributed by atoms with Crippen LogP contribution >= 0.6 is 0 Å². The highest BCUT2D eigenvalue weighted by atomic mass is 32.2. The number of ketones is 1. The van der Waals surface area contributed by atoms with E-state index >= 15 is 0 Å². The van der Waals surface area contributed by atoms with E-state index in [2.05, 4.69) is 5.10 Å². The molecule has 206 valence electrons. The monoisotopic (exact) mass is 571 g/mol. The fourth-order valence-electron chi connectivity index (χ4n) is 5.42. The van der Waals surface area contributed by atoms with Gasteiger partial charge in [-0.05, 0) is 85.1 Å². The highest BCUT2D eigenvalue weighted by Crippen LogP contribution is 2.47. The maximum absolute atomic E-state index is 14.0. The third-order valence-electron chi connectivity index (χ3n) is 7.45. The number of piperidine rings is 1. The lowest BCUT2D eigenvalue weighted by Crippen LogP contribution is -2.53. The first kappa shape index (κ1) is 26.2. The van der Waals surface area contributed by atoms with E-state index in [0.717, 1.165) is 28.6 Å². The van der Waals surface area contributed by atoms with E-state index < -0.39 is 38.8 Å². The number of hydrogen-bond donors (Lipinski definition) is 0. The van der Waals surface area contributed by atoms with Crippen molar-refractivity contribution in [2.24, 2.45) is 5.41 Å². The Morgan fingerprint density at radius 1 is 1.02 bits per heavy atom. The molecule has 1 aliphatic carbocycles. The molecule has 1 fully saturated rings. The Morgan fingerprint density at radius 3 is 2.40 bits per heavy atom. The summed E-state index contributed by atoms with van der Waals surface area (Å²) >= 11 is 0. The van der Waals surface area contributed by atoms with Gasteiger partial charge in [0.1, 0.15) is 5.82 Å². The van der Waals surface area contributed by atoms with Crippen LogP contribution < -0.4 is 0 Å². The smallest absolute Gasteiger partial charge is 0.416 e. The van der Waals surface area contributed by atoms with Gasteiger partial charge in [-0.25, -0.2) is 17.5 Å². The largest absolute Gasteiger partial charge is 0.461 e. The number of fused-ring (bicyclic) bond motifs is 2. The van der Waals surface area contributed by atoms with Crippen LogP contribution in [0.5, 0.6) is 0 Å². The molecule has 0 unspecified atom stereocenters. The minimum absolute atomic E-state index is 0.0163. The van der Waals surface area contributed by atoms with Crippen LogP contribution in [0.15, 0.2) is 88.0 Å². The first-order chi connectivity index (χ1) is 19.0. The van der Waals surface area contributed by atoms with E-state index in [1.165, 1.54) is 24.5 Å². The predicted molar refractivity (Wildman–Crippen MR) is 135 cm³/mol. The summed E-state index contributed by atoms with van der Waals surface area (Å²) in [5.41, 5.74) is 0.400. The Morgan fingerprint density at radius 2 is 1.75 bits per heavy atom. The molecule has 1 aliphatic heterocycles. The molecule has 3 heterocycles. The Hall–Kier alpha value is -4.03. The normalized spacial score (nSPS) is 19.6. The van der Waals surface area contributed by atoms with Gasteiger partial charge in [0.05, 0.1) is 39.7 Å². The van der Waals surface area contributed by atoms with E-state index in [9.17, 15) is 30.8 Å². The fourth-order valence-corrected chi connectivity index (χ4v) is 6.92. The van der Waals surface area contributed by atoms with Gasteiger partial charge >= 0.3 is 6.18 Å². The second kappa shape index (κ2) is 9.27. The zero-order valence-corrected chi connectivity index (χ0v) is 21.5. The van der Waals surface area contributed by atoms with Crippen LogP contribution in [0.4, 0.5) is 17.6 Å². The van der Waals surface area contributed by atoms with Gasteiger partial charge in [0, 0.05) is 13.1 Å². The van der Waals surface area contributed by atoms with Gasteiger partial charge in [-0.15, -0.1) is 0 Å². The minimum Gasteiger partial charge on any atom is -0.461 e. The number of furan rings is 1. The molecule has 4 aromatic rings. The second-order valence-electron chi connectivity index (χ2n) is 9.79. The number of Topliss-reactive ketones (excluding diaryl/α,β-unsaturated/α-hetero) is 1. The lowest BCUT2D eigenvalue weighted by Gasteiger charge is -2.44. The molecule has 1 saturated heterocycles. The average Bonchev–Trinajstić information content (AvgIpc) is 3.61. The summed E-state index contributed by atoms with van der Waals surface area (Å²) < 4.78 is 88.0. The molecule has 0 spiro atoms. The fraction of sp³-hybridized carbons (Fsp3) is 0.214. The maximum atomic E-state index is 14.0. The molecule has 2 aromatic carbocycles. The summed E-state index contributed by atoms with van der Waals surface area (Å²) in [7, 11) is -4.23. The average molecular weight is 572 g/mol. The summed E-state index contributed by atoms with van der Waals surface area (Å²) in [5, 5.41) is 4.44. The molecular formula is C28H21F4N3O4S. The maximum Gasteiger partial charge on any atom is 0.416 e. The van der Waals surface area contributed by atoms with Crippen molar-refractivity contribution in [2.75, 3.05) is 13.1 Å². The van der Waals surface area contributed by atoms with Crippen molar-refractivity contribution in [1.82, 2.24) is 14.1 Å². The number of carbonyl (C=O) groups is 1. The van der Waals surface area contributed by atoms with Gasteiger partial charge in [0.15, 0.2) is 5.76 Å². The van der Waals surface area contributed by atoms with Gasteiger partial charge in [-0.2, -0.15) is 22.6 Å². The number of aromatic nitrogens is 2. The van der Waals surface area contributed by atoms with Crippen LogP contribution in [0, 0.1) is 11.2 Å². The predicted octanol–water partition coefficient (Wildman–Crippen LogP) is 5.53. The zero-order valence-electron chi connectivity index (χ0n) is 20.7. The van der Waals surface area contributed by atoms with Crippen LogP contribution in [0.3, 0.4) is 0 Å². The number of sulfonamides is 1. The zero-order chi connectivity index (χ0) is 28.3. The summed E-state index contributed by atoms with van der Waals surface area (Å²) in [6, 6.07) is 12.2.